The van der Waals surface area contributed by atoms with E-state index in [-0.39, 0.29) is 5.91 Å². The van der Waals surface area contributed by atoms with Crippen LogP contribution in [0.1, 0.15) is 16.8 Å². The minimum Gasteiger partial charge on any atom is -0.338 e. The number of benzene rings is 1. The number of carbonyl (C=O) groups is 1. The van der Waals surface area contributed by atoms with Gasteiger partial charge in [0.15, 0.2) is 0 Å². The molecule has 1 fully saturated rings. The summed E-state index contributed by atoms with van der Waals surface area (Å²) in [5.41, 5.74) is 1.52. The Kier molecular flexibility index (Phi) is 3.65. The number of likely N-dealkylation sites (tertiary alicyclic amines) is 1. The Morgan fingerprint density at radius 1 is 1.40 bits per heavy atom. The number of nitrogens with zero attached hydrogens (tertiary/aromatic N) is 2. The Labute approximate surface area is 118 Å². The Balaban J connectivity index is 1.86. The molecule has 1 unspecified atom stereocenters. The summed E-state index contributed by atoms with van der Waals surface area (Å²) in [4.78, 5) is 19.0. The van der Waals surface area contributed by atoms with Gasteiger partial charge in [-0.05, 0) is 38.1 Å². The molecule has 20 heavy (non-hydrogen) atoms. The molecule has 4 heteroatoms. The van der Waals surface area contributed by atoms with Crippen LogP contribution in [0.5, 0.6) is 0 Å². The maximum absolute atomic E-state index is 12.7. The van der Waals surface area contributed by atoms with Crippen LogP contribution in [0.4, 0.5) is 0 Å². The van der Waals surface area contributed by atoms with Crippen molar-refractivity contribution in [2.24, 2.45) is 5.92 Å². The number of para-hydroxylation sites is 1. The van der Waals surface area contributed by atoms with Gasteiger partial charge in [-0.15, -0.1) is 0 Å². The highest BCUT2D eigenvalue weighted by Gasteiger charge is 2.27. The van der Waals surface area contributed by atoms with E-state index in [9.17, 15) is 4.79 Å². The predicted octanol–water partition coefficient (Wildman–Crippen LogP) is 1.92. The zero-order valence-corrected chi connectivity index (χ0v) is 11.7. The summed E-state index contributed by atoms with van der Waals surface area (Å²) in [5, 5.41) is 4.21. The van der Waals surface area contributed by atoms with Crippen LogP contribution in [0.3, 0.4) is 0 Å². The summed E-state index contributed by atoms with van der Waals surface area (Å²) in [6, 6.07) is 9.69. The van der Waals surface area contributed by atoms with E-state index in [1.54, 1.807) is 6.20 Å². The van der Waals surface area contributed by atoms with Crippen molar-refractivity contribution in [3.05, 3.63) is 42.1 Å². The van der Waals surface area contributed by atoms with Gasteiger partial charge in [0.1, 0.15) is 0 Å². The SMILES string of the molecule is CNCC1CCN(C(=O)c2cccc3cccnc23)C1. The van der Waals surface area contributed by atoms with Crippen molar-refractivity contribution in [2.75, 3.05) is 26.7 Å². The average Bonchev–Trinajstić information content (AvgIpc) is 2.95. The van der Waals surface area contributed by atoms with Crippen LogP contribution in [-0.4, -0.2) is 42.5 Å². The molecular formula is C16H19N3O. The van der Waals surface area contributed by atoms with Gasteiger partial charge in [0.2, 0.25) is 0 Å². The number of rotatable bonds is 3. The van der Waals surface area contributed by atoms with Crippen molar-refractivity contribution in [3.63, 3.8) is 0 Å². The van der Waals surface area contributed by atoms with E-state index < -0.39 is 0 Å². The van der Waals surface area contributed by atoms with Gasteiger partial charge in [-0.2, -0.15) is 0 Å². The smallest absolute Gasteiger partial charge is 0.256 e. The lowest BCUT2D eigenvalue weighted by atomic mass is 10.1. The summed E-state index contributed by atoms with van der Waals surface area (Å²) >= 11 is 0. The van der Waals surface area contributed by atoms with E-state index in [4.69, 9.17) is 0 Å². The fourth-order valence-corrected chi connectivity index (χ4v) is 2.92. The maximum Gasteiger partial charge on any atom is 0.256 e. The number of carbonyl (C=O) groups excluding carboxylic acids is 1. The van der Waals surface area contributed by atoms with Gasteiger partial charge in [0.05, 0.1) is 11.1 Å². The molecule has 1 atom stereocenters. The molecule has 4 nitrogen and oxygen atoms in total. The monoisotopic (exact) mass is 269 g/mol. The van der Waals surface area contributed by atoms with Crippen LogP contribution in [0, 0.1) is 5.92 Å². The molecule has 1 amide bonds. The number of fused-ring (bicyclic) bond motifs is 1. The van der Waals surface area contributed by atoms with Crippen molar-refractivity contribution in [2.45, 2.75) is 6.42 Å². The minimum absolute atomic E-state index is 0.105. The number of nitrogens with one attached hydrogen (secondary N) is 1. The lowest BCUT2D eigenvalue weighted by Gasteiger charge is -2.17. The molecule has 1 aliphatic heterocycles. The van der Waals surface area contributed by atoms with E-state index in [1.807, 2.05) is 42.3 Å². The minimum atomic E-state index is 0.105. The largest absolute Gasteiger partial charge is 0.338 e. The number of hydrogen-bond donors (Lipinski definition) is 1. The summed E-state index contributed by atoms with van der Waals surface area (Å²) in [7, 11) is 1.96. The van der Waals surface area contributed by atoms with E-state index in [2.05, 4.69) is 10.3 Å². The van der Waals surface area contributed by atoms with Gasteiger partial charge >= 0.3 is 0 Å². The molecule has 0 aliphatic carbocycles. The van der Waals surface area contributed by atoms with Gasteiger partial charge in [-0.3, -0.25) is 9.78 Å². The fourth-order valence-electron chi connectivity index (χ4n) is 2.92. The van der Waals surface area contributed by atoms with Crippen molar-refractivity contribution < 1.29 is 4.79 Å². The molecule has 1 aromatic heterocycles. The first-order chi connectivity index (χ1) is 9.79. The zero-order chi connectivity index (χ0) is 13.9. The third-order valence-corrected chi connectivity index (χ3v) is 3.93. The molecule has 1 aromatic carbocycles. The number of aromatic nitrogens is 1. The number of hydrogen-bond acceptors (Lipinski definition) is 3. The second-order valence-corrected chi connectivity index (χ2v) is 5.34. The molecular weight excluding hydrogens is 250 g/mol. The third kappa shape index (κ3) is 2.39. The number of pyridine rings is 1. The molecule has 0 radical (unpaired) electrons. The summed E-state index contributed by atoms with van der Waals surface area (Å²) in [6.45, 7) is 2.65. The van der Waals surface area contributed by atoms with E-state index >= 15 is 0 Å². The van der Waals surface area contributed by atoms with Crippen LogP contribution < -0.4 is 5.32 Å². The van der Waals surface area contributed by atoms with Crippen molar-refractivity contribution >= 4 is 16.8 Å². The highest BCUT2D eigenvalue weighted by Crippen LogP contribution is 2.22. The van der Waals surface area contributed by atoms with Crippen LogP contribution >= 0.6 is 0 Å². The third-order valence-electron chi connectivity index (χ3n) is 3.93. The second kappa shape index (κ2) is 5.59. The molecule has 2 aromatic rings. The van der Waals surface area contributed by atoms with Crippen LogP contribution in [0.25, 0.3) is 10.9 Å². The van der Waals surface area contributed by atoms with Gasteiger partial charge < -0.3 is 10.2 Å². The quantitative estimate of drug-likeness (QED) is 0.926. The molecule has 3 rings (SSSR count). The standard InChI is InChI=1S/C16H19N3O/c1-17-10-12-7-9-19(11-12)16(20)14-6-2-4-13-5-3-8-18-15(13)14/h2-6,8,12,17H,7,9-11H2,1H3. The first-order valence-corrected chi connectivity index (χ1v) is 7.07. The van der Waals surface area contributed by atoms with Gasteiger partial charge in [-0.25, -0.2) is 0 Å². The Morgan fingerprint density at radius 2 is 2.25 bits per heavy atom. The first kappa shape index (κ1) is 13.1. The Hall–Kier alpha value is -1.94. The normalized spacial score (nSPS) is 18.6. The molecule has 0 saturated carbocycles. The highest BCUT2D eigenvalue weighted by molar-refractivity contribution is 6.05. The lowest BCUT2D eigenvalue weighted by Crippen LogP contribution is -2.30. The van der Waals surface area contributed by atoms with E-state index in [0.29, 0.717) is 11.5 Å². The van der Waals surface area contributed by atoms with Gasteiger partial charge in [-0.1, -0.05) is 18.2 Å². The molecule has 1 N–H and O–H groups in total. The molecule has 1 saturated heterocycles. The average molecular weight is 269 g/mol. The second-order valence-electron chi connectivity index (χ2n) is 5.34. The Morgan fingerprint density at radius 3 is 3.10 bits per heavy atom. The first-order valence-electron chi connectivity index (χ1n) is 7.07. The lowest BCUT2D eigenvalue weighted by molar-refractivity contribution is 0.0789. The predicted molar refractivity (Wildman–Crippen MR) is 79.7 cm³/mol. The molecule has 2 heterocycles. The summed E-state index contributed by atoms with van der Waals surface area (Å²) < 4.78 is 0. The van der Waals surface area contributed by atoms with Gasteiger partial charge in [0.25, 0.3) is 5.91 Å². The van der Waals surface area contributed by atoms with Crippen LogP contribution in [-0.2, 0) is 0 Å². The van der Waals surface area contributed by atoms with Crippen LogP contribution in [0.15, 0.2) is 36.5 Å². The number of amides is 1. The van der Waals surface area contributed by atoms with Crippen molar-refractivity contribution in [1.29, 1.82) is 0 Å². The molecule has 0 bridgehead atoms. The highest BCUT2D eigenvalue weighted by atomic mass is 16.2. The maximum atomic E-state index is 12.7. The van der Waals surface area contributed by atoms with Gasteiger partial charge in [0, 0.05) is 24.7 Å². The molecule has 104 valence electrons. The van der Waals surface area contributed by atoms with Crippen LogP contribution in [0.2, 0.25) is 0 Å². The Bertz CT molecular complexity index is 621. The van der Waals surface area contributed by atoms with Crippen molar-refractivity contribution in [1.82, 2.24) is 15.2 Å². The molecule has 1 aliphatic rings. The van der Waals surface area contributed by atoms with Crippen molar-refractivity contribution in [3.8, 4) is 0 Å². The van der Waals surface area contributed by atoms with E-state index in [0.717, 1.165) is 37.0 Å². The zero-order valence-electron chi connectivity index (χ0n) is 11.7. The molecule has 0 spiro atoms. The summed E-state index contributed by atoms with van der Waals surface area (Å²) in [5.74, 6) is 0.666. The topological polar surface area (TPSA) is 45.2 Å². The van der Waals surface area contributed by atoms with E-state index in [1.165, 1.54) is 0 Å². The summed E-state index contributed by atoms with van der Waals surface area (Å²) in [6.07, 6.45) is 2.82. The fraction of sp³-hybridized carbons (Fsp3) is 0.375.